The average Bonchev–Trinajstić information content (AvgIpc) is 3.23. The highest BCUT2D eigenvalue weighted by Gasteiger charge is 2.19. The number of carbonyl (C=O) groups excluding carboxylic acids is 1. The minimum atomic E-state index is -0.219. The van der Waals surface area contributed by atoms with Crippen molar-refractivity contribution in [2.24, 2.45) is 0 Å². The lowest BCUT2D eigenvalue weighted by Crippen LogP contribution is -2.29. The van der Waals surface area contributed by atoms with Crippen LogP contribution in [0.15, 0.2) is 72.8 Å². The number of nitrogens with one attached hydrogen (secondary N) is 1. The first kappa shape index (κ1) is 24.5. The molecule has 1 atom stereocenters. The highest BCUT2D eigenvalue weighted by atomic mass is 16.5. The molecule has 1 unspecified atom stereocenters. The SMILES string of the molecule is Cc1ccccc1C(=O)NC(C)c1nc2ccccc2n1CCCCOc1ccccc1C(C)C. The van der Waals surface area contributed by atoms with Gasteiger partial charge in [0.1, 0.15) is 11.6 Å². The van der Waals surface area contributed by atoms with E-state index in [0.717, 1.165) is 47.6 Å². The lowest BCUT2D eigenvalue weighted by Gasteiger charge is -2.17. The lowest BCUT2D eigenvalue weighted by atomic mass is 10.0. The fourth-order valence-electron chi connectivity index (χ4n) is 4.47. The van der Waals surface area contributed by atoms with Gasteiger partial charge in [0.25, 0.3) is 5.91 Å². The van der Waals surface area contributed by atoms with Gasteiger partial charge in [-0.15, -0.1) is 0 Å². The number of amides is 1. The number of rotatable bonds is 10. The molecule has 3 aromatic carbocycles. The smallest absolute Gasteiger partial charge is 0.252 e. The van der Waals surface area contributed by atoms with Crippen molar-refractivity contribution in [3.05, 3.63) is 95.3 Å². The monoisotopic (exact) mass is 469 g/mol. The number of unbranched alkanes of at least 4 members (excludes halogenated alkanes) is 1. The maximum absolute atomic E-state index is 12.9. The Kier molecular flexibility index (Phi) is 7.86. The van der Waals surface area contributed by atoms with E-state index in [0.29, 0.717) is 18.1 Å². The molecule has 1 aromatic heterocycles. The molecule has 0 bridgehead atoms. The summed E-state index contributed by atoms with van der Waals surface area (Å²) in [5.74, 6) is 2.21. The van der Waals surface area contributed by atoms with Gasteiger partial charge < -0.3 is 14.6 Å². The van der Waals surface area contributed by atoms with E-state index in [1.807, 2.05) is 62.4 Å². The van der Waals surface area contributed by atoms with E-state index in [1.165, 1.54) is 5.56 Å². The van der Waals surface area contributed by atoms with Crippen LogP contribution in [0, 0.1) is 6.92 Å². The number of imidazole rings is 1. The molecule has 4 aromatic rings. The summed E-state index contributed by atoms with van der Waals surface area (Å²) < 4.78 is 8.35. The highest BCUT2D eigenvalue weighted by Crippen LogP contribution is 2.26. The molecule has 4 rings (SSSR count). The summed E-state index contributed by atoms with van der Waals surface area (Å²) in [6.07, 6.45) is 1.89. The molecule has 0 saturated carbocycles. The number of hydrogen-bond acceptors (Lipinski definition) is 3. The summed E-state index contributed by atoms with van der Waals surface area (Å²) in [6, 6.07) is 23.9. The minimum Gasteiger partial charge on any atom is -0.493 e. The fraction of sp³-hybridized carbons (Fsp3) is 0.333. The van der Waals surface area contributed by atoms with Crippen molar-refractivity contribution in [1.82, 2.24) is 14.9 Å². The quantitative estimate of drug-likeness (QED) is 0.259. The number of carbonyl (C=O) groups is 1. The number of fused-ring (bicyclic) bond motifs is 1. The van der Waals surface area contributed by atoms with Crippen LogP contribution in [-0.2, 0) is 6.54 Å². The van der Waals surface area contributed by atoms with Gasteiger partial charge in [-0.1, -0.05) is 62.4 Å². The van der Waals surface area contributed by atoms with E-state index >= 15 is 0 Å². The molecule has 0 fully saturated rings. The predicted molar refractivity (Wildman–Crippen MR) is 142 cm³/mol. The Hall–Kier alpha value is -3.60. The fourth-order valence-corrected chi connectivity index (χ4v) is 4.47. The zero-order valence-corrected chi connectivity index (χ0v) is 21.1. The summed E-state index contributed by atoms with van der Waals surface area (Å²) in [7, 11) is 0. The Labute approximate surface area is 208 Å². The van der Waals surface area contributed by atoms with Crippen molar-refractivity contribution in [1.29, 1.82) is 0 Å². The second-order valence-corrected chi connectivity index (χ2v) is 9.37. The van der Waals surface area contributed by atoms with E-state index in [-0.39, 0.29) is 11.9 Å². The highest BCUT2D eigenvalue weighted by molar-refractivity contribution is 5.95. The van der Waals surface area contributed by atoms with Crippen LogP contribution in [0.2, 0.25) is 0 Å². The van der Waals surface area contributed by atoms with Gasteiger partial charge in [0.15, 0.2) is 0 Å². The molecule has 0 aliphatic carbocycles. The van der Waals surface area contributed by atoms with E-state index in [1.54, 1.807) is 0 Å². The normalized spacial score (nSPS) is 12.1. The molecule has 1 heterocycles. The topological polar surface area (TPSA) is 56.2 Å². The van der Waals surface area contributed by atoms with Crippen molar-refractivity contribution < 1.29 is 9.53 Å². The summed E-state index contributed by atoms with van der Waals surface area (Å²) in [6.45, 7) is 9.82. The van der Waals surface area contributed by atoms with E-state index in [2.05, 4.69) is 48.0 Å². The van der Waals surface area contributed by atoms with E-state index in [9.17, 15) is 4.79 Å². The molecular weight excluding hydrogens is 434 g/mol. The van der Waals surface area contributed by atoms with Gasteiger partial charge in [-0.25, -0.2) is 4.98 Å². The molecule has 182 valence electrons. The Bertz CT molecular complexity index is 1290. The minimum absolute atomic E-state index is 0.0774. The molecule has 0 radical (unpaired) electrons. The van der Waals surface area contributed by atoms with Crippen LogP contribution >= 0.6 is 0 Å². The Morgan fingerprint density at radius 1 is 0.943 bits per heavy atom. The number of benzene rings is 3. The van der Waals surface area contributed by atoms with Crippen molar-refractivity contribution in [2.45, 2.75) is 59.0 Å². The molecular formula is C30H35N3O2. The number of aryl methyl sites for hydroxylation is 2. The first-order valence-corrected chi connectivity index (χ1v) is 12.5. The van der Waals surface area contributed by atoms with E-state index < -0.39 is 0 Å². The van der Waals surface area contributed by atoms with E-state index in [4.69, 9.17) is 9.72 Å². The second kappa shape index (κ2) is 11.2. The second-order valence-electron chi connectivity index (χ2n) is 9.37. The van der Waals surface area contributed by atoms with Crippen LogP contribution in [0.5, 0.6) is 5.75 Å². The van der Waals surface area contributed by atoms with Crippen LogP contribution in [0.3, 0.4) is 0 Å². The molecule has 0 spiro atoms. The van der Waals surface area contributed by atoms with Gasteiger partial charge in [-0.05, 0) is 68.0 Å². The summed E-state index contributed by atoms with van der Waals surface area (Å²) in [5.41, 5.74) is 4.94. The largest absolute Gasteiger partial charge is 0.493 e. The summed E-state index contributed by atoms with van der Waals surface area (Å²) >= 11 is 0. The van der Waals surface area contributed by atoms with Gasteiger partial charge in [-0.2, -0.15) is 0 Å². The maximum Gasteiger partial charge on any atom is 0.252 e. The standard InChI is InChI=1S/C30H35N3O2/c1-21(2)24-14-7-10-18-28(24)35-20-12-11-19-33-27-17-9-8-16-26(27)32-29(33)23(4)31-30(34)25-15-6-5-13-22(25)3/h5-10,13-18,21,23H,11-12,19-20H2,1-4H3,(H,31,34). The Morgan fingerprint density at radius 2 is 1.66 bits per heavy atom. The zero-order valence-electron chi connectivity index (χ0n) is 21.1. The average molecular weight is 470 g/mol. The molecule has 35 heavy (non-hydrogen) atoms. The van der Waals surface area contributed by atoms with Crippen LogP contribution in [0.1, 0.15) is 72.9 Å². The van der Waals surface area contributed by atoms with Crippen LogP contribution in [-0.4, -0.2) is 22.1 Å². The number of nitrogens with zero attached hydrogens (tertiary/aromatic N) is 2. The summed E-state index contributed by atoms with van der Waals surface area (Å²) in [5, 5.41) is 3.15. The third-order valence-electron chi connectivity index (χ3n) is 6.38. The predicted octanol–water partition coefficient (Wildman–Crippen LogP) is 6.82. The maximum atomic E-state index is 12.9. The van der Waals surface area contributed by atoms with Gasteiger partial charge in [-0.3, -0.25) is 4.79 Å². The molecule has 5 nitrogen and oxygen atoms in total. The first-order chi connectivity index (χ1) is 17.0. The van der Waals surface area contributed by atoms with Crippen LogP contribution in [0.25, 0.3) is 11.0 Å². The number of hydrogen-bond donors (Lipinski definition) is 1. The third kappa shape index (κ3) is 5.73. The van der Waals surface area contributed by atoms with Gasteiger partial charge in [0, 0.05) is 12.1 Å². The van der Waals surface area contributed by atoms with Crippen molar-refractivity contribution in [2.75, 3.05) is 6.61 Å². The lowest BCUT2D eigenvalue weighted by molar-refractivity contribution is 0.0937. The molecule has 5 heteroatoms. The molecule has 1 N–H and O–H groups in total. The van der Waals surface area contributed by atoms with Crippen LogP contribution < -0.4 is 10.1 Å². The summed E-state index contributed by atoms with van der Waals surface area (Å²) in [4.78, 5) is 17.8. The zero-order chi connectivity index (χ0) is 24.8. The first-order valence-electron chi connectivity index (χ1n) is 12.5. The van der Waals surface area contributed by atoms with Crippen molar-refractivity contribution >= 4 is 16.9 Å². The molecule has 0 saturated heterocycles. The molecule has 0 aliphatic heterocycles. The molecule has 0 aliphatic rings. The van der Waals surface area contributed by atoms with Crippen molar-refractivity contribution in [3.8, 4) is 5.75 Å². The number of aromatic nitrogens is 2. The van der Waals surface area contributed by atoms with Gasteiger partial charge in [0.05, 0.1) is 23.7 Å². The van der Waals surface area contributed by atoms with Crippen LogP contribution in [0.4, 0.5) is 0 Å². The molecule has 1 amide bonds. The van der Waals surface area contributed by atoms with Gasteiger partial charge >= 0.3 is 0 Å². The Morgan fingerprint density at radius 3 is 2.46 bits per heavy atom. The number of ether oxygens (including phenoxy) is 1. The van der Waals surface area contributed by atoms with Gasteiger partial charge in [0.2, 0.25) is 0 Å². The number of para-hydroxylation sites is 3. The Balaban J connectivity index is 1.43. The third-order valence-corrected chi connectivity index (χ3v) is 6.38. The van der Waals surface area contributed by atoms with Crippen molar-refractivity contribution in [3.63, 3.8) is 0 Å².